The molecule has 3 aliphatic rings. The van der Waals surface area contributed by atoms with Gasteiger partial charge in [0, 0.05) is 47.3 Å². The Bertz CT molecular complexity index is 1390. The zero-order valence-electron chi connectivity index (χ0n) is 17.8. The Kier molecular flexibility index (Phi) is 4.42. The van der Waals surface area contributed by atoms with Gasteiger partial charge in [-0.3, -0.25) is 0 Å². The summed E-state index contributed by atoms with van der Waals surface area (Å²) in [6.07, 6.45) is 8.55. The van der Waals surface area contributed by atoms with Crippen LogP contribution in [0.15, 0.2) is 83.0 Å². The molecular formula is C27H20BrNO4. The summed E-state index contributed by atoms with van der Waals surface area (Å²) in [6, 6.07) is 16.7. The average molecular weight is 502 g/mol. The highest BCUT2D eigenvalue weighted by Crippen LogP contribution is 2.57. The van der Waals surface area contributed by atoms with Gasteiger partial charge in [-0.2, -0.15) is 0 Å². The summed E-state index contributed by atoms with van der Waals surface area (Å²) >= 11 is 3.41. The number of carbonyl (C=O) groups is 1. The number of halogens is 1. The molecule has 1 unspecified atom stereocenters. The molecule has 1 spiro atoms. The lowest BCUT2D eigenvalue weighted by Crippen LogP contribution is -2.33. The Hall–Kier alpha value is -3.51. The van der Waals surface area contributed by atoms with E-state index in [1.165, 1.54) is 0 Å². The van der Waals surface area contributed by atoms with Crippen LogP contribution < -0.4 is 9.64 Å². The van der Waals surface area contributed by atoms with Crippen molar-refractivity contribution in [3.05, 3.63) is 105 Å². The Labute approximate surface area is 199 Å². The standard InChI is InChI=1S/C27H20BrNO4/c1-29(16-7-3-2-4-8-16)17-11-12-20-24(13-17)32-25-15-23(30)22(28)14-21(25)27(20)19-10-6-5-9-18(19)26(31)33-27/h3,5-15,30H,2,4H2,1H3. The van der Waals surface area contributed by atoms with Gasteiger partial charge in [-0.05, 0) is 59.1 Å². The van der Waals surface area contributed by atoms with Crippen LogP contribution in [0.1, 0.15) is 39.9 Å². The number of esters is 1. The Morgan fingerprint density at radius 2 is 1.82 bits per heavy atom. The van der Waals surface area contributed by atoms with E-state index in [1.54, 1.807) is 18.2 Å². The van der Waals surface area contributed by atoms with Crippen molar-refractivity contribution in [1.29, 1.82) is 0 Å². The summed E-state index contributed by atoms with van der Waals surface area (Å²) in [5.74, 6) is 0.700. The maximum atomic E-state index is 12.9. The van der Waals surface area contributed by atoms with Gasteiger partial charge in [0.15, 0.2) is 5.60 Å². The third kappa shape index (κ3) is 2.87. The van der Waals surface area contributed by atoms with E-state index >= 15 is 0 Å². The van der Waals surface area contributed by atoms with Gasteiger partial charge in [0.05, 0.1) is 10.0 Å². The number of allylic oxidation sites excluding steroid dienone is 3. The van der Waals surface area contributed by atoms with Crippen molar-refractivity contribution in [2.75, 3.05) is 11.9 Å². The number of phenols is 1. The first-order valence-corrected chi connectivity index (χ1v) is 11.6. The van der Waals surface area contributed by atoms with Gasteiger partial charge < -0.3 is 19.5 Å². The predicted octanol–water partition coefficient (Wildman–Crippen LogP) is 6.39. The molecular weight excluding hydrogens is 482 g/mol. The first-order chi connectivity index (χ1) is 16.0. The molecule has 1 atom stereocenters. The maximum absolute atomic E-state index is 12.9. The number of rotatable bonds is 2. The smallest absolute Gasteiger partial charge is 0.340 e. The van der Waals surface area contributed by atoms with Crippen LogP contribution in [0.2, 0.25) is 0 Å². The van der Waals surface area contributed by atoms with Crippen LogP contribution >= 0.6 is 15.9 Å². The highest BCUT2D eigenvalue weighted by atomic mass is 79.9. The molecule has 33 heavy (non-hydrogen) atoms. The van der Waals surface area contributed by atoms with E-state index < -0.39 is 5.60 Å². The second-order valence-electron chi connectivity index (χ2n) is 8.37. The van der Waals surface area contributed by atoms with E-state index in [2.05, 4.69) is 39.1 Å². The van der Waals surface area contributed by atoms with Crippen LogP contribution in [0.3, 0.4) is 0 Å². The number of benzene rings is 3. The molecule has 6 heteroatoms. The SMILES string of the molecule is CN(C1=CCCC=C1)c1ccc2c(c1)Oc1cc(O)c(Br)cc1C21OC(=O)c2ccccc21. The lowest BCUT2D eigenvalue weighted by molar-refractivity contribution is 0.0224. The fourth-order valence-corrected chi connectivity index (χ4v) is 5.22. The second kappa shape index (κ2) is 7.25. The van der Waals surface area contributed by atoms with E-state index in [9.17, 15) is 9.90 Å². The number of hydrogen-bond acceptors (Lipinski definition) is 5. The number of ether oxygens (including phenoxy) is 2. The molecule has 3 aromatic carbocycles. The zero-order chi connectivity index (χ0) is 22.7. The molecule has 0 aromatic heterocycles. The lowest BCUT2D eigenvalue weighted by atomic mass is 9.77. The lowest BCUT2D eigenvalue weighted by Gasteiger charge is -2.37. The van der Waals surface area contributed by atoms with Crippen molar-refractivity contribution >= 4 is 27.6 Å². The van der Waals surface area contributed by atoms with Crippen LogP contribution in [-0.2, 0) is 10.3 Å². The highest BCUT2D eigenvalue weighted by Gasteiger charge is 2.53. The third-order valence-electron chi connectivity index (χ3n) is 6.51. The summed E-state index contributed by atoms with van der Waals surface area (Å²) in [5, 5.41) is 10.4. The number of phenolic OH excluding ortho intramolecular Hbond substituents is 1. The van der Waals surface area contributed by atoms with Crippen molar-refractivity contribution in [3.8, 4) is 17.2 Å². The minimum absolute atomic E-state index is 0.0516. The summed E-state index contributed by atoms with van der Waals surface area (Å²) < 4.78 is 13.0. The first-order valence-electron chi connectivity index (χ1n) is 10.8. The minimum atomic E-state index is -1.16. The molecule has 5 nitrogen and oxygen atoms in total. The quantitative estimate of drug-likeness (QED) is 0.412. The summed E-state index contributed by atoms with van der Waals surface area (Å²) in [5.41, 5.74) is 3.61. The van der Waals surface area contributed by atoms with Gasteiger partial charge in [0.2, 0.25) is 0 Å². The fraction of sp³-hybridized carbons (Fsp3) is 0.148. The fourth-order valence-electron chi connectivity index (χ4n) is 4.88. The number of carbonyl (C=O) groups excluding carboxylic acids is 1. The Balaban J connectivity index is 1.58. The van der Waals surface area contributed by atoms with Gasteiger partial charge in [0.25, 0.3) is 0 Å². The molecule has 164 valence electrons. The number of fused-ring (bicyclic) bond motifs is 6. The van der Waals surface area contributed by atoms with E-state index in [0.717, 1.165) is 35.4 Å². The van der Waals surface area contributed by atoms with Crippen molar-refractivity contribution in [1.82, 2.24) is 0 Å². The molecule has 0 fully saturated rings. The van der Waals surface area contributed by atoms with Crippen LogP contribution in [-0.4, -0.2) is 18.1 Å². The number of likely N-dealkylation sites (N-methyl/N-ethyl adjacent to an activating group) is 1. The summed E-state index contributed by atoms with van der Waals surface area (Å²) in [7, 11) is 2.02. The number of aromatic hydroxyl groups is 1. The van der Waals surface area contributed by atoms with E-state index in [-0.39, 0.29) is 11.7 Å². The van der Waals surface area contributed by atoms with Gasteiger partial charge in [0.1, 0.15) is 17.2 Å². The van der Waals surface area contributed by atoms with E-state index in [4.69, 9.17) is 9.47 Å². The van der Waals surface area contributed by atoms with Gasteiger partial charge in [-0.1, -0.05) is 30.4 Å². The van der Waals surface area contributed by atoms with Crippen molar-refractivity contribution < 1.29 is 19.4 Å². The molecule has 2 aliphatic heterocycles. The Morgan fingerprint density at radius 3 is 2.64 bits per heavy atom. The molecule has 0 bridgehead atoms. The van der Waals surface area contributed by atoms with Crippen LogP contribution in [0.5, 0.6) is 17.2 Å². The van der Waals surface area contributed by atoms with Crippen molar-refractivity contribution in [3.63, 3.8) is 0 Å². The first kappa shape index (κ1) is 20.1. The number of nitrogens with zero attached hydrogens (tertiary/aromatic N) is 1. The molecule has 0 amide bonds. The molecule has 2 heterocycles. The zero-order valence-corrected chi connectivity index (χ0v) is 19.4. The van der Waals surface area contributed by atoms with Gasteiger partial charge in [-0.25, -0.2) is 4.79 Å². The highest BCUT2D eigenvalue weighted by molar-refractivity contribution is 9.10. The normalized spacial score (nSPS) is 19.8. The molecule has 3 aromatic rings. The monoisotopic (exact) mass is 501 g/mol. The Morgan fingerprint density at radius 1 is 1.00 bits per heavy atom. The average Bonchev–Trinajstić information content (AvgIpc) is 3.13. The van der Waals surface area contributed by atoms with E-state index in [0.29, 0.717) is 27.1 Å². The minimum Gasteiger partial charge on any atom is -0.507 e. The van der Waals surface area contributed by atoms with Crippen molar-refractivity contribution in [2.45, 2.75) is 18.4 Å². The van der Waals surface area contributed by atoms with Crippen molar-refractivity contribution in [2.24, 2.45) is 0 Å². The molecule has 0 radical (unpaired) electrons. The summed E-state index contributed by atoms with van der Waals surface area (Å²) in [6.45, 7) is 0. The summed E-state index contributed by atoms with van der Waals surface area (Å²) in [4.78, 5) is 15.1. The molecule has 0 saturated heterocycles. The second-order valence-corrected chi connectivity index (χ2v) is 9.22. The van der Waals surface area contributed by atoms with Gasteiger partial charge >= 0.3 is 5.97 Å². The van der Waals surface area contributed by atoms with E-state index in [1.807, 2.05) is 43.4 Å². The van der Waals surface area contributed by atoms with Gasteiger partial charge in [-0.15, -0.1) is 0 Å². The number of hydrogen-bond donors (Lipinski definition) is 1. The molecule has 6 rings (SSSR count). The predicted molar refractivity (Wildman–Crippen MR) is 129 cm³/mol. The maximum Gasteiger partial charge on any atom is 0.340 e. The third-order valence-corrected chi connectivity index (χ3v) is 7.15. The van der Waals surface area contributed by atoms with Crippen LogP contribution in [0, 0.1) is 0 Å². The molecule has 1 N–H and O–H groups in total. The number of anilines is 1. The van der Waals surface area contributed by atoms with Crippen LogP contribution in [0.25, 0.3) is 0 Å². The molecule has 0 saturated carbocycles. The largest absolute Gasteiger partial charge is 0.507 e. The topological polar surface area (TPSA) is 59.0 Å². The van der Waals surface area contributed by atoms with Crippen LogP contribution in [0.4, 0.5) is 5.69 Å². The molecule has 1 aliphatic carbocycles.